The monoisotopic (exact) mass is 269 g/mol. The number of nitrogens with zero attached hydrogens (tertiary/aromatic N) is 2. The number of hydrogen-bond acceptors (Lipinski definition) is 3. The third-order valence-corrected chi connectivity index (χ3v) is 4.40. The second-order valence-electron chi connectivity index (χ2n) is 5.83. The van der Waals surface area contributed by atoms with Crippen LogP contribution in [0.2, 0.25) is 0 Å². The average molecular weight is 269 g/mol. The zero-order valence-corrected chi connectivity index (χ0v) is 12.2. The number of fused-ring (bicyclic) bond motifs is 1. The van der Waals surface area contributed by atoms with Crippen molar-refractivity contribution in [2.75, 3.05) is 23.7 Å². The van der Waals surface area contributed by atoms with Crippen LogP contribution >= 0.6 is 0 Å². The summed E-state index contributed by atoms with van der Waals surface area (Å²) in [5.74, 6) is 0.917. The Morgan fingerprint density at radius 1 is 1.25 bits per heavy atom. The van der Waals surface area contributed by atoms with E-state index < -0.39 is 0 Å². The van der Waals surface area contributed by atoms with E-state index in [0.29, 0.717) is 0 Å². The summed E-state index contributed by atoms with van der Waals surface area (Å²) in [6.07, 6.45) is 7.21. The minimum Gasteiger partial charge on any atom is -0.399 e. The van der Waals surface area contributed by atoms with Crippen molar-refractivity contribution >= 4 is 22.3 Å². The first-order chi connectivity index (χ1) is 9.78. The van der Waals surface area contributed by atoms with E-state index in [-0.39, 0.29) is 0 Å². The Kier molecular flexibility index (Phi) is 3.77. The molecule has 0 amide bonds. The van der Waals surface area contributed by atoms with Crippen molar-refractivity contribution in [1.29, 1.82) is 0 Å². The van der Waals surface area contributed by atoms with Crippen molar-refractivity contribution < 1.29 is 0 Å². The number of benzene rings is 1. The molecule has 2 heterocycles. The van der Waals surface area contributed by atoms with Crippen LogP contribution in [0.1, 0.15) is 32.6 Å². The number of anilines is 2. The number of pyridine rings is 1. The third kappa shape index (κ3) is 2.58. The van der Waals surface area contributed by atoms with Crippen molar-refractivity contribution in [2.45, 2.75) is 32.6 Å². The molecule has 3 rings (SSSR count). The Balaban J connectivity index is 1.84. The normalized spacial score (nSPS) is 16.8. The lowest BCUT2D eigenvalue weighted by Gasteiger charge is -2.34. The summed E-state index contributed by atoms with van der Waals surface area (Å²) < 4.78 is 0. The zero-order valence-electron chi connectivity index (χ0n) is 12.2. The van der Waals surface area contributed by atoms with Gasteiger partial charge < -0.3 is 10.6 Å². The Morgan fingerprint density at radius 2 is 2.05 bits per heavy atom. The highest BCUT2D eigenvalue weighted by Crippen LogP contribution is 2.31. The van der Waals surface area contributed by atoms with Crippen LogP contribution < -0.4 is 10.6 Å². The van der Waals surface area contributed by atoms with E-state index >= 15 is 0 Å². The third-order valence-electron chi connectivity index (χ3n) is 4.40. The van der Waals surface area contributed by atoms with Crippen molar-refractivity contribution in [1.82, 2.24) is 4.98 Å². The lowest BCUT2D eigenvalue weighted by atomic mass is 9.92. The van der Waals surface area contributed by atoms with Gasteiger partial charge >= 0.3 is 0 Å². The van der Waals surface area contributed by atoms with Crippen LogP contribution in [0.5, 0.6) is 0 Å². The molecule has 20 heavy (non-hydrogen) atoms. The number of nitrogen functional groups attached to an aromatic ring is 1. The van der Waals surface area contributed by atoms with Gasteiger partial charge in [-0.15, -0.1) is 0 Å². The molecule has 0 saturated carbocycles. The van der Waals surface area contributed by atoms with Crippen LogP contribution in [0.25, 0.3) is 10.9 Å². The topological polar surface area (TPSA) is 42.2 Å². The summed E-state index contributed by atoms with van der Waals surface area (Å²) in [6, 6.07) is 8.17. The SMILES string of the molecule is CCCC1CCN(c2ccnc3cc(N)ccc23)CC1. The second-order valence-corrected chi connectivity index (χ2v) is 5.83. The molecular weight excluding hydrogens is 246 g/mol. The molecule has 3 heteroatoms. The van der Waals surface area contributed by atoms with Gasteiger partial charge in [-0.3, -0.25) is 4.98 Å². The molecule has 106 valence electrons. The number of rotatable bonds is 3. The van der Waals surface area contributed by atoms with E-state index in [9.17, 15) is 0 Å². The van der Waals surface area contributed by atoms with Crippen molar-refractivity contribution in [3.8, 4) is 0 Å². The van der Waals surface area contributed by atoms with Crippen LogP contribution in [-0.4, -0.2) is 18.1 Å². The molecule has 1 aliphatic rings. The Labute approximate surface area is 120 Å². The fraction of sp³-hybridized carbons (Fsp3) is 0.471. The molecule has 2 N–H and O–H groups in total. The number of piperidine rings is 1. The van der Waals surface area contributed by atoms with Gasteiger partial charge in [0, 0.05) is 36.0 Å². The summed E-state index contributed by atoms with van der Waals surface area (Å²) in [6.45, 7) is 4.61. The second kappa shape index (κ2) is 5.70. The van der Waals surface area contributed by atoms with Gasteiger partial charge in [0.25, 0.3) is 0 Å². The highest BCUT2D eigenvalue weighted by Gasteiger charge is 2.20. The van der Waals surface area contributed by atoms with Gasteiger partial charge in [0.2, 0.25) is 0 Å². The molecule has 0 radical (unpaired) electrons. The van der Waals surface area contributed by atoms with E-state index in [1.807, 2.05) is 18.3 Å². The lowest BCUT2D eigenvalue weighted by Crippen LogP contribution is -2.33. The molecule has 1 saturated heterocycles. The van der Waals surface area contributed by atoms with Gasteiger partial charge in [-0.1, -0.05) is 19.8 Å². The molecular formula is C17H23N3. The van der Waals surface area contributed by atoms with Crippen LogP contribution in [0.3, 0.4) is 0 Å². The Morgan fingerprint density at radius 3 is 2.80 bits per heavy atom. The molecule has 0 bridgehead atoms. The highest BCUT2D eigenvalue weighted by atomic mass is 15.1. The maximum Gasteiger partial charge on any atom is 0.0743 e. The van der Waals surface area contributed by atoms with Crippen molar-refractivity contribution in [3.05, 3.63) is 30.5 Å². The first kappa shape index (κ1) is 13.2. The van der Waals surface area contributed by atoms with E-state index in [1.165, 1.54) is 36.8 Å². The fourth-order valence-electron chi connectivity index (χ4n) is 3.30. The number of hydrogen-bond donors (Lipinski definition) is 1. The molecule has 0 unspecified atom stereocenters. The highest BCUT2D eigenvalue weighted by molar-refractivity contribution is 5.93. The van der Waals surface area contributed by atoms with E-state index in [4.69, 9.17) is 5.73 Å². The average Bonchev–Trinajstić information content (AvgIpc) is 2.47. The first-order valence-corrected chi connectivity index (χ1v) is 7.67. The smallest absolute Gasteiger partial charge is 0.0743 e. The molecule has 3 nitrogen and oxygen atoms in total. The summed E-state index contributed by atoms with van der Waals surface area (Å²) in [5, 5.41) is 1.22. The minimum absolute atomic E-state index is 0.781. The van der Waals surface area contributed by atoms with Gasteiger partial charge in [-0.25, -0.2) is 0 Å². The van der Waals surface area contributed by atoms with Gasteiger partial charge in [0.1, 0.15) is 0 Å². The van der Waals surface area contributed by atoms with Crippen molar-refractivity contribution in [3.63, 3.8) is 0 Å². The molecule has 0 aliphatic carbocycles. The standard InChI is InChI=1S/C17H23N3/c1-2-3-13-7-10-20(11-8-13)17-6-9-19-16-12-14(18)4-5-15(16)17/h4-6,9,12-13H,2-3,7-8,10-11,18H2,1H3. The van der Waals surface area contributed by atoms with Crippen LogP contribution in [0, 0.1) is 5.92 Å². The largest absolute Gasteiger partial charge is 0.399 e. The Hall–Kier alpha value is -1.77. The van der Waals surface area contributed by atoms with Crippen LogP contribution in [0.4, 0.5) is 11.4 Å². The maximum atomic E-state index is 5.85. The van der Waals surface area contributed by atoms with E-state index in [2.05, 4.69) is 28.9 Å². The number of nitrogens with two attached hydrogens (primary N) is 1. The maximum absolute atomic E-state index is 5.85. The molecule has 1 aromatic heterocycles. The van der Waals surface area contributed by atoms with Crippen LogP contribution in [-0.2, 0) is 0 Å². The molecule has 1 aliphatic heterocycles. The minimum atomic E-state index is 0.781. The quantitative estimate of drug-likeness (QED) is 0.861. The summed E-state index contributed by atoms with van der Waals surface area (Å²) in [7, 11) is 0. The predicted molar refractivity (Wildman–Crippen MR) is 86.0 cm³/mol. The molecule has 1 fully saturated rings. The molecule has 0 atom stereocenters. The van der Waals surface area contributed by atoms with E-state index in [1.54, 1.807) is 0 Å². The summed E-state index contributed by atoms with van der Waals surface area (Å²) in [4.78, 5) is 6.94. The summed E-state index contributed by atoms with van der Waals surface area (Å²) >= 11 is 0. The van der Waals surface area contributed by atoms with Gasteiger partial charge in [-0.05, 0) is 43.0 Å². The molecule has 1 aromatic carbocycles. The van der Waals surface area contributed by atoms with Gasteiger partial charge in [-0.2, -0.15) is 0 Å². The van der Waals surface area contributed by atoms with Crippen LogP contribution in [0.15, 0.2) is 30.5 Å². The summed E-state index contributed by atoms with van der Waals surface area (Å²) in [5.41, 5.74) is 8.94. The van der Waals surface area contributed by atoms with Gasteiger partial charge in [0.05, 0.1) is 5.52 Å². The Bertz CT molecular complexity index is 586. The fourth-order valence-corrected chi connectivity index (χ4v) is 3.30. The first-order valence-electron chi connectivity index (χ1n) is 7.67. The molecule has 2 aromatic rings. The molecule has 0 spiro atoms. The zero-order chi connectivity index (χ0) is 13.9. The van der Waals surface area contributed by atoms with Crippen molar-refractivity contribution in [2.24, 2.45) is 5.92 Å². The lowest BCUT2D eigenvalue weighted by molar-refractivity contribution is 0.379. The van der Waals surface area contributed by atoms with E-state index in [0.717, 1.165) is 30.2 Å². The number of aromatic nitrogens is 1. The predicted octanol–water partition coefficient (Wildman–Crippen LogP) is 3.83. The van der Waals surface area contributed by atoms with Gasteiger partial charge in [0.15, 0.2) is 0 Å².